The summed E-state index contributed by atoms with van der Waals surface area (Å²) in [5.74, 6) is 1.49. The van der Waals surface area contributed by atoms with Crippen LogP contribution in [0.1, 0.15) is 62.5 Å². The molecule has 0 bridgehead atoms. The first-order chi connectivity index (χ1) is 11.5. The lowest BCUT2D eigenvalue weighted by atomic mass is 9.55. The standard InChI is InChI=1S/C21H24O3/c1-20-9-6-16-15-5-3-14(22)12-13(15)2-4-17(16)18(20)7-10-21(20)11-8-19(23)24-21/h3,5,7,12,16-17,22H,2,4,6,8-11H2,1H3/t16-,17-,20+,21-/m1/s1. The van der Waals surface area contributed by atoms with E-state index >= 15 is 0 Å². The third-order valence-electron chi connectivity index (χ3n) is 7.43. The van der Waals surface area contributed by atoms with Crippen molar-refractivity contribution in [3.63, 3.8) is 0 Å². The van der Waals surface area contributed by atoms with Gasteiger partial charge >= 0.3 is 5.97 Å². The molecule has 126 valence electrons. The molecule has 1 spiro atoms. The van der Waals surface area contributed by atoms with E-state index in [0.29, 0.717) is 24.0 Å². The average molecular weight is 324 g/mol. The van der Waals surface area contributed by atoms with Crippen molar-refractivity contribution in [2.24, 2.45) is 11.3 Å². The van der Waals surface area contributed by atoms with Gasteiger partial charge in [0.1, 0.15) is 11.4 Å². The van der Waals surface area contributed by atoms with Crippen molar-refractivity contribution in [3.05, 3.63) is 41.0 Å². The summed E-state index contributed by atoms with van der Waals surface area (Å²) in [6, 6.07) is 5.91. The molecule has 24 heavy (non-hydrogen) atoms. The van der Waals surface area contributed by atoms with E-state index in [1.54, 1.807) is 5.57 Å². The monoisotopic (exact) mass is 324 g/mol. The number of phenolic OH excluding ortho intramolecular Hbond substituents is 1. The van der Waals surface area contributed by atoms with Crippen LogP contribution >= 0.6 is 0 Å². The molecule has 3 nitrogen and oxygen atoms in total. The van der Waals surface area contributed by atoms with Gasteiger partial charge in [0.15, 0.2) is 0 Å². The molecular formula is C21H24O3. The lowest BCUT2D eigenvalue weighted by molar-refractivity contribution is -0.157. The maximum atomic E-state index is 11.8. The van der Waals surface area contributed by atoms with E-state index in [2.05, 4.69) is 19.1 Å². The van der Waals surface area contributed by atoms with Crippen LogP contribution in [0.15, 0.2) is 29.8 Å². The molecule has 1 N–H and O–H groups in total. The average Bonchev–Trinajstić information content (AvgIpc) is 3.08. The van der Waals surface area contributed by atoms with Gasteiger partial charge in [0.25, 0.3) is 0 Å². The Balaban J connectivity index is 1.53. The number of carbonyl (C=O) groups is 1. The van der Waals surface area contributed by atoms with Gasteiger partial charge in [-0.3, -0.25) is 4.79 Å². The van der Waals surface area contributed by atoms with Gasteiger partial charge < -0.3 is 9.84 Å². The van der Waals surface area contributed by atoms with Gasteiger partial charge in [-0.2, -0.15) is 0 Å². The van der Waals surface area contributed by atoms with Gasteiger partial charge in [0, 0.05) is 18.3 Å². The van der Waals surface area contributed by atoms with Crippen molar-refractivity contribution in [2.75, 3.05) is 0 Å². The van der Waals surface area contributed by atoms with Crippen molar-refractivity contribution in [2.45, 2.75) is 63.4 Å². The van der Waals surface area contributed by atoms with Crippen LogP contribution in [-0.4, -0.2) is 16.7 Å². The van der Waals surface area contributed by atoms with E-state index in [9.17, 15) is 9.90 Å². The molecule has 5 rings (SSSR count). The van der Waals surface area contributed by atoms with Crippen LogP contribution < -0.4 is 0 Å². The molecule has 1 saturated carbocycles. The molecule has 1 aliphatic heterocycles. The number of aryl methyl sites for hydroxylation is 1. The van der Waals surface area contributed by atoms with Gasteiger partial charge in [0.05, 0.1) is 0 Å². The number of rotatable bonds is 0. The molecular weight excluding hydrogens is 300 g/mol. The van der Waals surface area contributed by atoms with Crippen molar-refractivity contribution < 1.29 is 14.6 Å². The predicted molar refractivity (Wildman–Crippen MR) is 90.8 cm³/mol. The van der Waals surface area contributed by atoms with Crippen LogP contribution in [0.25, 0.3) is 0 Å². The summed E-state index contributed by atoms with van der Waals surface area (Å²) >= 11 is 0. The van der Waals surface area contributed by atoms with E-state index in [-0.39, 0.29) is 17.0 Å². The molecule has 0 amide bonds. The Morgan fingerprint density at radius 3 is 2.83 bits per heavy atom. The minimum absolute atomic E-state index is 0.0162. The number of phenols is 1. The number of hydrogen-bond donors (Lipinski definition) is 1. The fourth-order valence-corrected chi connectivity index (χ4v) is 6.15. The largest absolute Gasteiger partial charge is 0.508 e. The van der Waals surface area contributed by atoms with Gasteiger partial charge in [-0.15, -0.1) is 0 Å². The lowest BCUT2D eigenvalue weighted by Gasteiger charge is -2.51. The molecule has 4 atom stereocenters. The Labute approximate surface area is 142 Å². The van der Waals surface area contributed by atoms with E-state index in [0.717, 1.165) is 38.5 Å². The van der Waals surface area contributed by atoms with E-state index in [1.807, 2.05) is 12.1 Å². The summed E-state index contributed by atoms with van der Waals surface area (Å²) in [5, 5.41) is 9.78. The second-order valence-corrected chi connectivity index (χ2v) is 8.34. The molecule has 2 fully saturated rings. The van der Waals surface area contributed by atoms with E-state index < -0.39 is 0 Å². The summed E-state index contributed by atoms with van der Waals surface area (Å²) in [6.45, 7) is 2.34. The summed E-state index contributed by atoms with van der Waals surface area (Å²) in [6.07, 6.45) is 9.18. The Bertz CT molecular complexity index is 764. The molecule has 0 unspecified atom stereocenters. The second kappa shape index (κ2) is 4.65. The number of benzene rings is 1. The lowest BCUT2D eigenvalue weighted by Crippen LogP contribution is -2.48. The number of carbonyl (C=O) groups excluding carboxylic acids is 1. The molecule has 0 radical (unpaired) electrons. The summed E-state index contributed by atoms with van der Waals surface area (Å²) < 4.78 is 5.92. The van der Waals surface area contributed by atoms with Crippen LogP contribution in [0.5, 0.6) is 5.75 Å². The smallest absolute Gasteiger partial charge is 0.306 e. The van der Waals surface area contributed by atoms with Crippen LogP contribution in [0.4, 0.5) is 0 Å². The fraction of sp³-hybridized carbons (Fsp3) is 0.571. The van der Waals surface area contributed by atoms with Crippen molar-refractivity contribution >= 4 is 5.97 Å². The Morgan fingerprint density at radius 2 is 2.04 bits per heavy atom. The minimum atomic E-state index is -0.264. The SMILES string of the molecule is C[C@]12CC[C@@H]3c4ccc(O)cc4CC[C@H]3C1=CC[C@@]21CCC(=O)O1. The molecule has 0 aromatic heterocycles. The molecule has 1 aromatic carbocycles. The van der Waals surface area contributed by atoms with Crippen LogP contribution in [0.3, 0.4) is 0 Å². The molecule has 3 heteroatoms. The zero-order valence-electron chi connectivity index (χ0n) is 14.2. The first kappa shape index (κ1) is 14.6. The van der Waals surface area contributed by atoms with Crippen molar-refractivity contribution in [1.82, 2.24) is 0 Å². The van der Waals surface area contributed by atoms with Crippen molar-refractivity contribution in [1.29, 1.82) is 0 Å². The Hall–Kier alpha value is -1.77. The molecule has 3 aliphatic carbocycles. The maximum Gasteiger partial charge on any atom is 0.306 e. The highest BCUT2D eigenvalue weighted by Gasteiger charge is 2.61. The minimum Gasteiger partial charge on any atom is -0.508 e. The third kappa shape index (κ3) is 1.71. The zero-order valence-corrected chi connectivity index (χ0v) is 14.2. The van der Waals surface area contributed by atoms with Gasteiger partial charge in [0.2, 0.25) is 0 Å². The first-order valence-electron chi connectivity index (χ1n) is 9.27. The number of ether oxygens (including phenoxy) is 1. The third-order valence-corrected chi connectivity index (χ3v) is 7.43. The van der Waals surface area contributed by atoms with Gasteiger partial charge in [-0.05, 0) is 67.2 Å². The summed E-state index contributed by atoms with van der Waals surface area (Å²) in [4.78, 5) is 11.8. The highest BCUT2D eigenvalue weighted by molar-refractivity contribution is 5.73. The summed E-state index contributed by atoms with van der Waals surface area (Å²) in [7, 11) is 0. The van der Waals surface area contributed by atoms with Crippen LogP contribution in [0.2, 0.25) is 0 Å². The second-order valence-electron chi connectivity index (χ2n) is 8.34. The van der Waals surface area contributed by atoms with Crippen LogP contribution in [-0.2, 0) is 16.0 Å². The number of fused-ring (bicyclic) bond motifs is 6. The maximum absolute atomic E-state index is 11.8. The van der Waals surface area contributed by atoms with Gasteiger partial charge in [-0.25, -0.2) is 0 Å². The highest BCUT2D eigenvalue weighted by atomic mass is 16.6. The van der Waals surface area contributed by atoms with Gasteiger partial charge in [-0.1, -0.05) is 24.6 Å². The first-order valence-corrected chi connectivity index (χ1v) is 9.27. The van der Waals surface area contributed by atoms with Crippen LogP contribution in [0, 0.1) is 11.3 Å². The Morgan fingerprint density at radius 1 is 1.17 bits per heavy atom. The predicted octanol–water partition coefficient (Wildman–Crippen LogP) is 4.24. The Kier molecular flexibility index (Phi) is 2.82. The van der Waals surface area contributed by atoms with Crippen molar-refractivity contribution in [3.8, 4) is 5.75 Å². The topological polar surface area (TPSA) is 46.5 Å². The highest BCUT2D eigenvalue weighted by Crippen LogP contribution is 2.64. The van der Waals surface area contributed by atoms with E-state index in [1.165, 1.54) is 11.1 Å². The number of hydrogen-bond acceptors (Lipinski definition) is 3. The van der Waals surface area contributed by atoms with E-state index in [4.69, 9.17) is 4.74 Å². The quantitative estimate of drug-likeness (QED) is 0.573. The normalized spacial score (nSPS) is 39.9. The molecule has 1 heterocycles. The molecule has 4 aliphatic rings. The molecule has 1 aromatic rings. The number of esters is 1. The zero-order chi connectivity index (χ0) is 16.5. The number of aromatic hydroxyl groups is 1. The summed E-state index contributed by atoms with van der Waals surface area (Å²) in [5.41, 5.74) is 4.05. The fourth-order valence-electron chi connectivity index (χ4n) is 6.15. The molecule has 1 saturated heterocycles.